The summed E-state index contributed by atoms with van der Waals surface area (Å²) in [5.74, 6) is 0. The SMILES string of the molecule is CCn1nccc1C(N)Cc1c(C)nn(C)c1C. The lowest BCUT2D eigenvalue weighted by atomic mass is 10.0. The molecule has 5 nitrogen and oxygen atoms in total. The highest BCUT2D eigenvalue weighted by Crippen LogP contribution is 2.20. The summed E-state index contributed by atoms with van der Waals surface area (Å²) in [6.45, 7) is 7.04. The van der Waals surface area contributed by atoms with Crippen molar-refractivity contribution in [2.24, 2.45) is 12.8 Å². The minimum atomic E-state index is -0.0333. The number of rotatable bonds is 4. The van der Waals surface area contributed by atoms with Gasteiger partial charge in [-0.05, 0) is 38.8 Å². The molecule has 0 aliphatic rings. The van der Waals surface area contributed by atoms with Crippen LogP contribution in [0.2, 0.25) is 0 Å². The quantitative estimate of drug-likeness (QED) is 0.890. The number of aromatic nitrogens is 4. The monoisotopic (exact) mass is 247 g/mol. The minimum absolute atomic E-state index is 0.0333. The molecule has 18 heavy (non-hydrogen) atoms. The van der Waals surface area contributed by atoms with Crippen LogP contribution in [-0.2, 0) is 20.0 Å². The van der Waals surface area contributed by atoms with Crippen LogP contribution in [0, 0.1) is 13.8 Å². The number of nitrogens with zero attached hydrogens (tertiary/aromatic N) is 4. The van der Waals surface area contributed by atoms with E-state index < -0.39 is 0 Å². The van der Waals surface area contributed by atoms with Gasteiger partial charge in [-0.25, -0.2) is 0 Å². The second-order valence-electron chi connectivity index (χ2n) is 4.66. The van der Waals surface area contributed by atoms with Gasteiger partial charge in [-0.3, -0.25) is 9.36 Å². The van der Waals surface area contributed by atoms with E-state index in [1.165, 1.54) is 11.3 Å². The van der Waals surface area contributed by atoms with Crippen molar-refractivity contribution < 1.29 is 0 Å². The first-order valence-electron chi connectivity index (χ1n) is 6.31. The molecule has 0 fully saturated rings. The fraction of sp³-hybridized carbons (Fsp3) is 0.538. The van der Waals surface area contributed by atoms with Crippen LogP contribution in [0.1, 0.15) is 35.6 Å². The zero-order valence-electron chi connectivity index (χ0n) is 11.5. The molecule has 1 atom stereocenters. The van der Waals surface area contributed by atoms with Crippen LogP contribution in [0.3, 0.4) is 0 Å². The zero-order chi connectivity index (χ0) is 13.3. The van der Waals surface area contributed by atoms with Crippen molar-refractivity contribution in [2.45, 2.75) is 39.8 Å². The second kappa shape index (κ2) is 4.94. The Morgan fingerprint density at radius 1 is 1.39 bits per heavy atom. The summed E-state index contributed by atoms with van der Waals surface area (Å²) < 4.78 is 3.86. The first kappa shape index (κ1) is 12.8. The Hall–Kier alpha value is -1.62. The highest BCUT2D eigenvalue weighted by Gasteiger charge is 2.17. The van der Waals surface area contributed by atoms with E-state index in [2.05, 4.69) is 24.0 Å². The zero-order valence-corrected chi connectivity index (χ0v) is 11.5. The highest BCUT2D eigenvalue weighted by molar-refractivity contribution is 5.26. The van der Waals surface area contributed by atoms with Crippen LogP contribution in [-0.4, -0.2) is 19.6 Å². The fourth-order valence-electron chi connectivity index (χ4n) is 2.36. The number of nitrogens with two attached hydrogens (primary N) is 1. The van der Waals surface area contributed by atoms with Crippen LogP contribution >= 0.6 is 0 Å². The lowest BCUT2D eigenvalue weighted by Crippen LogP contribution is -2.18. The molecule has 0 saturated heterocycles. The second-order valence-corrected chi connectivity index (χ2v) is 4.66. The molecule has 0 spiro atoms. The Bertz CT molecular complexity index is 538. The molecule has 0 bridgehead atoms. The molecular weight excluding hydrogens is 226 g/mol. The third-order valence-electron chi connectivity index (χ3n) is 3.51. The predicted octanol–water partition coefficient (Wildman–Crippen LogP) is 1.50. The van der Waals surface area contributed by atoms with Crippen LogP contribution in [0.4, 0.5) is 0 Å². The average Bonchev–Trinajstić information content (AvgIpc) is 2.90. The van der Waals surface area contributed by atoms with Crippen LogP contribution in [0.5, 0.6) is 0 Å². The van der Waals surface area contributed by atoms with Gasteiger partial charge in [-0.2, -0.15) is 10.2 Å². The van der Waals surface area contributed by atoms with Gasteiger partial charge < -0.3 is 5.73 Å². The van der Waals surface area contributed by atoms with Gasteiger partial charge in [-0.1, -0.05) is 0 Å². The molecule has 2 heterocycles. The standard InChI is InChI=1S/C13H21N5/c1-5-18-13(6-7-15-18)12(14)8-11-9(2)16-17(4)10(11)3/h6-7,12H,5,8,14H2,1-4H3. The van der Waals surface area contributed by atoms with E-state index in [9.17, 15) is 0 Å². The Labute approximate surface area is 108 Å². The molecule has 0 aliphatic carbocycles. The molecule has 2 aromatic rings. The normalized spacial score (nSPS) is 12.9. The van der Waals surface area contributed by atoms with Crippen LogP contribution in [0.25, 0.3) is 0 Å². The van der Waals surface area contributed by atoms with Crippen molar-refractivity contribution in [2.75, 3.05) is 0 Å². The van der Waals surface area contributed by atoms with Crippen molar-refractivity contribution in [1.29, 1.82) is 0 Å². The first-order chi connectivity index (χ1) is 8.54. The summed E-state index contributed by atoms with van der Waals surface area (Å²) in [5.41, 5.74) is 10.9. The molecule has 0 saturated carbocycles. The van der Waals surface area contributed by atoms with Gasteiger partial charge in [0.25, 0.3) is 0 Å². The Balaban J connectivity index is 2.24. The van der Waals surface area contributed by atoms with Gasteiger partial charge in [0.05, 0.1) is 17.4 Å². The van der Waals surface area contributed by atoms with Crippen molar-refractivity contribution >= 4 is 0 Å². The maximum Gasteiger partial charge on any atom is 0.0629 e. The van der Waals surface area contributed by atoms with Gasteiger partial charge in [0.15, 0.2) is 0 Å². The molecule has 0 aromatic carbocycles. The molecule has 98 valence electrons. The van der Waals surface area contributed by atoms with Gasteiger partial charge in [0.2, 0.25) is 0 Å². The maximum absolute atomic E-state index is 6.30. The fourth-order valence-corrected chi connectivity index (χ4v) is 2.36. The first-order valence-corrected chi connectivity index (χ1v) is 6.31. The summed E-state index contributed by atoms with van der Waals surface area (Å²) in [5, 5.41) is 8.69. The minimum Gasteiger partial charge on any atom is -0.322 e. The van der Waals surface area contributed by atoms with E-state index >= 15 is 0 Å². The van der Waals surface area contributed by atoms with Crippen molar-refractivity contribution in [3.05, 3.63) is 34.9 Å². The molecule has 0 radical (unpaired) electrons. The lowest BCUT2D eigenvalue weighted by Gasteiger charge is -2.13. The van der Waals surface area contributed by atoms with E-state index in [1.807, 2.05) is 35.6 Å². The number of aryl methyl sites for hydroxylation is 3. The van der Waals surface area contributed by atoms with Gasteiger partial charge in [0, 0.05) is 25.5 Å². The van der Waals surface area contributed by atoms with E-state index in [4.69, 9.17) is 5.73 Å². The molecule has 2 rings (SSSR count). The third kappa shape index (κ3) is 2.18. The smallest absolute Gasteiger partial charge is 0.0629 e. The molecule has 2 aromatic heterocycles. The van der Waals surface area contributed by atoms with Gasteiger partial charge >= 0.3 is 0 Å². The molecular formula is C13H21N5. The van der Waals surface area contributed by atoms with E-state index in [-0.39, 0.29) is 6.04 Å². The van der Waals surface area contributed by atoms with Crippen LogP contribution < -0.4 is 5.73 Å². The molecule has 2 N–H and O–H groups in total. The Kier molecular flexibility index (Phi) is 3.52. The van der Waals surface area contributed by atoms with E-state index in [0.29, 0.717) is 0 Å². The highest BCUT2D eigenvalue weighted by atomic mass is 15.3. The average molecular weight is 247 g/mol. The van der Waals surface area contributed by atoms with Crippen molar-refractivity contribution in [1.82, 2.24) is 19.6 Å². The maximum atomic E-state index is 6.30. The van der Waals surface area contributed by atoms with Crippen LogP contribution in [0.15, 0.2) is 12.3 Å². The summed E-state index contributed by atoms with van der Waals surface area (Å²) in [6.07, 6.45) is 2.61. The summed E-state index contributed by atoms with van der Waals surface area (Å²) >= 11 is 0. The number of hydrogen-bond acceptors (Lipinski definition) is 3. The molecule has 0 aliphatic heterocycles. The van der Waals surface area contributed by atoms with Crippen molar-refractivity contribution in [3.8, 4) is 0 Å². The summed E-state index contributed by atoms with van der Waals surface area (Å²) in [7, 11) is 1.97. The Morgan fingerprint density at radius 3 is 2.67 bits per heavy atom. The summed E-state index contributed by atoms with van der Waals surface area (Å²) in [4.78, 5) is 0. The van der Waals surface area contributed by atoms with E-state index in [0.717, 1.165) is 24.4 Å². The lowest BCUT2D eigenvalue weighted by molar-refractivity contribution is 0.567. The molecule has 1 unspecified atom stereocenters. The van der Waals surface area contributed by atoms with E-state index in [1.54, 1.807) is 0 Å². The summed E-state index contributed by atoms with van der Waals surface area (Å²) in [6, 6.07) is 1.96. The van der Waals surface area contributed by atoms with Crippen molar-refractivity contribution in [3.63, 3.8) is 0 Å². The molecule has 5 heteroatoms. The largest absolute Gasteiger partial charge is 0.322 e. The Morgan fingerprint density at radius 2 is 2.11 bits per heavy atom. The van der Waals surface area contributed by atoms with Gasteiger partial charge in [-0.15, -0.1) is 0 Å². The number of hydrogen-bond donors (Lipinski definition) is 1. The predicted molar refractivity (Wildman–Crippen MR) is 71.2 cm³/mol. The topological polar surface area (TPSA) is 61.7 Å². The third-order valence-corrected chi connectivity index (χ3v) is 3.51. The van der Waals surface area contributed by atoms with Gasteiger partial charge in [0.1, 0.15) is 0 Å². The molecule has 0 amide bonds.